The first kappa shape index (κ1) is 29.9. The zero-order valence-electron chi connectivity index (χ0n) is 19.0. The van der Waals surface area contributed by atoms with Crippen LogP contribution in [0.25, 0.3) is 10.2 Å². The molecule has 14 heteroatoms. The van der Waals surface area contributed by atoms with E-state index < -0.39 is 17.8 Å². The van der Waals surface area contributed by atoms with Crippen LogP contribution in [0.15, 0.2) is 22.0 Å². The first-order valence-corrected chi connectivity index (χ1v) is 11.5. The number of nitrogens with zero attached hydrogens (tertiary/aromatic N) is 2. The summed E-state index contributed by atoms with van der Waals surface area (Å²) in [6.45, 7) is 3.24. The lowest BCUT2D eigenvalue weighted by molar-refractivity contribution is -0.143. The van der Waals surface area contributed by atoms with Crippen molar-refractivity contribution >= 4 is 56.8 Å². The lowest BCUT2D eigenvalue weighted by Crippen LogP contribution is -2.15. The predicted octanol–water partition coefficient (Wildman–Crippen LogP) is 1.61. The van der Waals surface area contributed by atoms with Crippen LogP contribution in [0.3, 0.4) is 0 Å². The third kappa shape index (κ3) is 7.45. The number of aromatic amines is 1. The van der Waals surface area contributed by atoms with Gasteiger partial charge in [-0.25, -0.2) is 9.78 Å². The maximum Gasteiger partial charge on any atom is 0.343 e. The molecule has 192 valence electrons. The van der Waals surface area contributed by atoms with E-state index in [4.69, 9.17) is 27.2 Å². The Bertz CT molecular complexity index is 1390. The number of nitrogen functional groups attached to an aromatic ring is 1. The molecule has 3 aromatic rings. The number of amides is 2. The second-order valence-electron chi connectivity index (χ2n) is 6.92. The fraction of sp³-hybridized carbons (Fsp3) is 0.273. The van der Waals surface area contributed by atoms with E-state index in [0.29, 0.717) is 32.1 Å². The number of H-pyrrole nitrogens is 1. The van der Waals surface area contributed by atoms with Crippen LogP contribution in [0.5, 0.6) is 5.88 Å². The number of aryl methyl sites for hydroxylation is 2. The van der Waals surface area contributed by atoms with Crippen LogP contribution in [0, 0.1) is 25.2 Å². The van der Waals surface area contributed by atoms with Gasteiger partial charge in [-0.15, -0.1) is 11.3 Å². The summed E-state index contributed by atoms with van der Waals surface area (Å²) >= 11 is 2.15. The summed E-state index contributed by atoms with van der Waals surface area (Å²) in [6, 6.07) is 4.95. The van der Waals surface area contributed by atoms with Crippen molar-refractivity contribution in [3.05, 3.63) is 44.1 Å². The van der Waals surface area contributed by atoms with E-state index in [1.807, 2.05) is 13.0 Å². The fourth-order valence-electron chi connectivity index (χ4n) is 2.78. The zero-order chi connectivity index (χ0) is 26.3. The number of nitriles is 1. The Hall–Kier alpha value is -4.09. The number of nitrogens with one attached hydrogen (secondary N) is 1. The molecular formula is C22H26N6O6S2. The Balaban J connectivity index is 0.000000365. The highest BCUT2D eigenvalue weighted by molar-refractivity contribution is 8.00. The molecule has 36 heavy (non-hydrogen) atoms. The average molecular weight is 535 g/mol. The Kier molecular flexibility index (Phi) is 10.9. The summed E-state index contributed by atoms with van der Waals surface area (Å²) in [6.07, 6.45) is 0. The number of primary amides is 2. The van der Waals surface area contributed by atoms with Crippen LogP contribution in [0.4, 0.5) is 5.69 Å². The number of nitrogens with two attached hydrogens (primary N) is 3. The number of hydrogen-bond acceptors (Lipinski definition) is 11. The van der Waals surface area contributed by atoms with Gasteiger partial charge < -0.3 is 31.7 Å². The number of methoxy groups -OCH3 is 1. The Morgan fingerprint density at radius 3 is 2.44 bits per heavy atom. The molecule has 0 fully saturated rings. The summed E-state index contributed by atoms with van der Waals surface area (Å²) in [5, 5.41) is 9.92. The normalized spacial score (nSPS) is 9.83. The van der Waals surface area contributed by atoms with Crippen LogP contribution >= 0.6 is 23.1 Å². The summed E-state index contributed by atoms with van der Waals surface area (Å²) in [5.74, 6) is -1.30. The molecule has 0 aromatic carbocycles. The number of esters is 1. The zero-order valence-corrected chi connectivity index (χ0v) is 20.6. The standard InChI is InChI=1S/C12H13N3O4S.C9H9N3O2S.CH4/c1-5-3-6(19-4-7(16)18-2)15-12-8(5)9(13)10(20-12)11(14)17;1-5-2-8(14)12-9(6(5)3-10)15-4-7(11)13;/h3H,4,13H2,1-2H3,(H2,14,17);2H,4H2,1H3,(H2,11,13)(H,12,14);1H4. The SMILES string of the molecule is C.COC(=O)COc1cc(C)c2c(N)c(C(N)=O)sc2n1.Cc1cc(=O)[nH]c(SCC(N)=O)c1C#N. The first-order chi connectivity index (χ1) is 16.5. The summed E-state index contributed by atoms with van der Waals surface area (Å²) in [7, 11) is 1.27. The van der Waals surface area contributed by atoms with Crippen molar-refractivity contribution in [2.75, 3.05) is 25.2 Å². The van der Waals surface area contributed by atoms with Gasteiger partial charge in [-0.05, 0) is 25.0 Å². The predicted molar refractivity (Wildman–Crippen MR) is 138 cm³/mol. The number of carbonyl (C=O) groups is 3. The van der Waals surface area contributed by atoms with E-state index in [1.54, 1.807) is 13.0 Å². The fourth-order valence-corrected chi connectivity index (χ4v) is 4.60. The molecule has 0 bridgehead atoms. The molecule has 0 spiro atoms. The van der Waals surface area contributed by atoms with Gasteiger partial charge in [0.25, 0.3) is 5.91 Å². The van der Waals surface area contributed by atoms with E-state index in [2.05, 4.69) is 14.7 Å². The van der Waals surface area contributed by atoms with Gasteiger partial charge in [0, 0.05) is 17.5 Å². The molecule has 0 saturated heterocycles. The number of ether oxygens (including phenoxy) is 2. The van der Waals surface area contributed by atoms with Gasteiger partial charge in [-0.1, -0.05) is 19.2 Å². The van der Waals surface area contributed by atoms with Crippen LogP contribution in [0.2, 0.25) is 0 Å². The van der Waals surface area contributed by atoms with Crippen LogP contribution in [0.1, 0.15) is 33.8 Å². The first-order valence-electron chi connectivity index (χ1n) is 9.72. The van der Waals surface area contributed by atoms with Gasteiger partial charge in [0.05, 0.1) is 29.1 Å². The number of hydrogen-bond donors (Lipinski definition) is 4. The van der Waals surface area contributed by atoms with Crippen molar-refractivity contribution in [3.8, 4) is 11.9 Å². The summed E-state index contributed by atoms with van der Waals surface area (Å²) in [5.41, 5.74) is 17.9. The van der Waals surface area contributed by atoms with Crippen LogP contribution in [-0.2, 0) is 14.3 Å². The van der Waals surface area contributed by atoms with E-state index in [0.717, 1.165) is 28.7 Å². The largest absolute Gasteiger partial charge is 0.466 e. The molecule has 0 atom stereocenters. The van der Waals surface area contributed by atoms with Crippen molar-refractivity contribution in [2.45, 2.75) is 26.3 Å². The monoisotopic (exact) mass is 534 g/mol. The van der Waals surface area contributed by atoms with Crippen molar-refractivity contribution < 1.29 is 23.9 Å². The summed E-state index contributed by atoms with van der Waals surface area (Å²) in [4.78, 5) is 51.5. The number of thiophene rings is 1. The Labute approximate surface area is 214 Å². The maximum atomic E-state index is 11.3. The topological polar surface area (TPSA) is 217 Å². The second-order valence-corrected chi connectivity index (χ2v) is 8.90. The van der Waals surface area contributed by atoms with E-state index >= 15 is 0 Å². The number of anilines is 1. The third-order valence-electron chi connectivity index (χ3n) is 4.34. The number of thioether (sulfide) groups is 1. The molecular weight excluding hydrogens is 508 g/mol. The van der Waals surface area contributed by atoms with Crippen LogP contribution in [-0.4, -0.2) is 47.2 Å². The molecule has 0 unspecified atom stereocenters. The molecule has 0 aliphatic rings. The van der Waals surface area contributed by atoms with Crippen molar-refractivity contribution in [1.29, 1.82) is 5.26 Å². The number of carbonyl (C=O) groups excluding carboxylic acids is 3. The Morgan fingerprint density at radius 2 is 1.89 bits per heavy atom. The lowest BCUT2D eigenvalue weighted by atomic mass is 10.1. The van der Waals surface area contributed by atoms with Gasteiger partial charge in [0.15, 0.2) is 6.61 Å². The van der Waals surface area contributed by atoms with Crippen molar-refractivity contribution in [2.24, 2.45) is 11.5 Å². The molecule has 3 aromatic heterocycles. The van der Waals surface area contributed by atoms with E-state index in [9.17, 15) is 19.2 Å². The van der Waals surface area contributed by atoms with Gasteiger partial charge in [-0.2, -0.15) is 5.26 Å². The minimum absolute atomic E-state index is 0. The number of pyridine rings is 2. The molecule has 0 aliphatic heterocycles. The van der Waals surface area contributed by atoms with Gasteiger partial charge in [0.1, 0.15) is 15.8 Å². The van der Waals surface area contributed by atoms with Gasteiger partial charge in [-0.3, -0.25) is 14.4 Å². The minimum atomic E-state index is -0.595. The summed E-state index contributed by atoms with van der Waals surface area (Å²) < 4.78 is 9.70. The molecule has 3 heterocycles. The number of aromatic nitrogens is 2. The third-order valence-corrected chi connectivity index (χ3v) is 6.48. The van der Waals surface area contributed by atoms with E-state index in [1.165, 1.54) is 13.2 Å². The molecule has 2 amide bonds. The van der Waals surface area contributed by atoms with E-state index in [-0.39, 0.29) is 36.1 Å². The van der Waals surface area contributed by atoms with Crippen LogP contribution < -0.4 is 27.5 Å². The highest BCUT2D eigenvalue weighted by Gasteiger charge is 2.18. The molecule has 0 aliphatic carbocycles. The minimum Gasteiger partial charge on any atom is -0.466 e. The smallest absolute Gasteiger partial charge is 0.343 e. The average Bonchev–Trinajstić information content (AvgIpc) is 3.13. The highest BCUT2D eigenvalue weighted by atomic mass is 32.2. The molecule has 0 saturated carbocycles. The lowest BCUT2D eigenvalue weighted by Gasteiger charge is -2.05. The molecule has 0 radical (unpaired) electrons. The molecule has 7 N–H and O–H groups in total. The molecule has 3 rings (SSSR count). The maximum absolute atomic E-state index is 11.3. The molecule has 12 nitrogen and oxygen atoms in total. The van der Waals surface area contributed by atoms with Crippen molar-refractivity contribution in [3.63, 3.8) is 0 Å². The van der Waals surface area contributed by atoms with Gasteiger partial charge >= 0.3 is 5.97 Å². The second kappa shape index (κ2) is 13.1. The highest BCUT2D eigenvalue weighted by Crippen LogP contribution is 2.35. The number of rotatable bonds is 7. The van der Waals surface area contributed by atoms with Gasteiger partial charge in [0.2, 0.25) is 17.3 Å². The Morgan fingerprint density at radius 1 is 1.22 bits per heavy atom. The van der Waals surface area contributed by atoms with Crippen molar-refractivity contribution in [1.82, 2.24) is 9.97 Å². The number of fused-ring (bicyclic) bond motifs is 1. The quantitative estimate of drug-likeness (QED) is 0.253.